The van der Waals surface area contributed by atoms with Gasteiger partial charge in [-0.2, -0.15) is 5.26 Å². The summed E-state index contributed by atoms with van der Waals surface area (Å²) in [7, 11) is 0. The summed E-state index contributed by atoms with van der Waals surface area (Å²) in [5.74, 6) is -0.528. The monoisotopic (exact) mass is 308 g/mol. The van der Waals surface area contributed by atoms with Gasteiger partial charge in [-0.25, -0.2) is 4.79 Å². The first kappa shape index (κ1) is 16.2. The lowest BCUT2D eigenvalue weighted by molar-refractivity contribution is -0.133. The molecule has 0 unspecified atom stereocenters. The van der Waals surface area contributed by atoms with Crippen LogP contribution in [0.5, 0.6) is 5.75 Å². The second-order valence-corrected chi connectivity index (χ2v) is 4.85. The van der Waals surface area contributed by atoms with Crippen LogP contribution in [0.4, 0.5) is 0 Å². The molecule has 23 heavy (non-hydrogen) atoms. The van der Waals surface area contributed by atoms with Gasteiger partial charge < -0.3 is 10.1 Å². The van der Waals surface area contributed by atoms with Gasteiger partial charge in [0.1, 0.15) is 12.3 Å². The number of nitrogens with zero attached hydrogens (tertiary/aromatic N) is 1. The lowest BCUT2D eigenvalue weighted by Crippen LogP contribution is -2.31. The number of benzene rings is 2. The van der Waals surface area contributed by atoms with Gasteiger partial charge in [-0.05, 0) is 42.3 Å². The average molecular weight is 308 g/mol. The smallest absolute Gasteiger partial charge is 0.330 e. The maximum absolute atomic E-state index is 11.9. The Bertz CT molecular complexity index is 763. The number of esters is 1. The number of rotatable bonds is 5. The average Bonchev–Trinajstić information content (AvgIpc) is 2.59. The zero-order valence-electron chi connectivity index (χ0n) is 12.7. The summed E-state index contributed by atoms with van der Waals surface area (Å²) in [6.45, 7) is 1.77. The molecule has 116 valence electrons. The Morgan fingerprint density at radius 2 is 1.96 bits per heavy atom. The van der Waals surface area contributed by atoms with E-state index in [4.69, 9.17) is 10.00 Å². The molecule has 0 radical (unpaired) electrons. The zero-order chi connectivity index (χ0) is 16.7. The molecule has 0 heterocycles. The van der Waals surface area contributed by atoms with Gasteiger partial charge in [0.25, 0.3) is 5.91 Å². The van der Waals surface area contributed by atoms with Crippen LogP contribution in [0.15, 0.2) is 48.5 Å². The maximum Gasteiger partial charge on any atom is 0.330 e. The van der Waals surface area contributed by atoms with Gasteiger partial charge in [0.05, 0.1) is 11.6 Å². The first-order valence-corrected chi connectivity index (χ1v) is 7.20. The van der Waals surface area contributed by atoms with Gasteiger partial charge in [-0.3, -0.25) is 4.79 Å². The summed E-state index contributed by atoms with van der Waals surface area (Å²) >= 11 is 0. The van der Waals surface area contributed by atoms with E-state index in [1.54, 1.807) is 30.3 Å². The van der Waals surface area contributed by atoms with Crippen molar-refractivity contribution in [1.29, 1.82) is 5.26 Å². The van der Waals surface area contributed by atoms with Crippen LogP contribution in [0.1, 0.15) is 28.4 Å². The molecular weight excluding hydrogens is 292 g/mol. The quantitative estimate of drug-likeness (QED) is 0.679. The second-order valence-electron chi connectivity index (χ2n) is 4.85. The van der Waals surface area contributed by atoms with E-state index in [0.29, 0.717) is 16.9 Å². The zero-order valence-corrected chi connectivity index (χ0v) is 12.7. The number of nitriles is 1. The van der Waals surface area contributed by atoms with Crippen molar-refractivity contribution >= 4 is 11.9 Å². The van der Waals surface area contributed by atoms with Crippen molar-refractivity contribution in [2.45, 2.75) is 13.3 Å². The molecule has 1 N–H and O–H groups in total. The second kappa shape index (κ2) is 7.76. The summed E-state index contributed by atoms with van der Waals surface area (Å²) in [4.78, 5) is 23.7. The summed E-state index contributed by atoms with van der Waals surface area (Å²) in [5.41, 5.74) is 1.77. The summed E-state index contributed by atoms with van der Waals surface area (Å²) in [6.07, 6.45) is 0.845. The number of nitrogens with one attached hydrogen (secondary N) is 1. The summed E-state index contributed by atoms with van der Waals surface area (Å²) in [6, 6.07) is 15.5. The third-order valence-electron chi connectivity index (χ3n) is 3.19. The highest BCUT2D eigenvalue weighted by Crippen LogP contribution is 2.13. The number of ether oxygens (including phenoxy) is 1. The van der Waals surface area contributed by atoms with E-state index in [9.17, 15) is 9.59 Å². The lowest BCUT2D eigenvalue weighted by atomic mass is 10.1. The molecule has 0 saturated heterocycles. The van der Waals surface area contributed by atoms with Crippen molar-refractivity contribution < 1.29 is 14.3 Å². The van der Waals surface area contributed by atoms with E-state index in [0.717, 1.165) is 12.0 Å². The number of amides is 1. The van der Waals surface area contributed by atoms with E-state index in [1.807, 2.05) is 25.1 Å². The van der Waals surface area contributed by atoms with Crippen LogP contribution in [-0.4, -0.2) is 18.4 Å². The molecule has 1 amide bonds. The van der Waals surface area contributed by atoms with Crippen molar-refractivity contribution in [2.75, 3.05) is 6.54 Å². The molecule has 0 saturated carbocycles. The van der Waals surface area contributed by atoms with Gasteiger partial charge in [0.15, 0.2) is 0 Å². The molecule has 0 aromatic heterocycles. The van der Waals surface area contributed by atoms with E-state index < -0.39 is 11.9 Å². The van der Waals surface area contributed by atoms with Crippen molar-refractivity contribution in [3.63, 3.8) is 0 Å². The fourth-order valence-electron chi connectivity index (χ4n) is 1.98. The molecule has 5 nitrogen and oxygen atoms in total. The molecular formula is C18H16N2O3. The highest BCUT2D eigenvalue weighted by Gasteiger charge is 2.10. The molecule has 0 aliphatic heterocycles. The number of carbonyl (C=O) groups excluding carboxylic acids is 2. The minimum atomic E-state index is -0.553. The predicted molar refractivity (Wildman–Crippen MR) is 84.9 cm³/mol. The van der Waals surface area contributed by atoms with E-state index in [-0.39, 0.29) is 6.54 Å². The highest BCUT2D eigenvalue weighted by molar-refractivity contribution is 5.96. The van der Waals surface area contributed by atoms with E-state index >= 15 is 0 Å². The van der Waals surface area contributed by atoms with Crippen molar-refractivity contribution in [1.82, 2.24) is 5.32 Å². The predicted octanol–water partition coefficient (Wildman–Crippen LogP) is 2.46. The molecule has 0 aliphatic rings. The van der Waals surface area contributed by atoms with Crippen LogP contribution in [-0.2, 0) is 11.2 Å². The molecule has 5 heteroatoms. The summed E-state index contributed by atoms with van der Waals surface area (Å²) < 4.78 is 5.18. The number of aryl methyl sites for hydroxylation is 1. The fraction of sp³-hybridized carbons (Fsp3) is 0.167. The maximum atomic E-state index is 11.9. The van der Waals surface area contributed by atoms with Gasteiger partial charge in [-0.15, -0.1) is 0 Å². The van der Waals surface area contributed by atoms with Crippen LogP contribution in [0.25, 0.3) is 0 Å². The third kappa shape index (κ3) is 4.68. The highest BCUT2D eigenvalue weighted by atomic mass is 16.5. The molecule has 0 aliphatic carbocycles. The fourth-order valence-corrected chi connectivity index (χ4v) is 1.98. The molecule has 2 aromatic carbocycles. The Morgan fingerprint density at radius 3 is 2.70 bits per heavy atom. The molecule has 0 fully saturated rings. The van der Waals surface area contributed by atoms with Gasteiger partial charge in [0.2, 0.25) is 0 Å². The van der Waals surface area contributed by atoms with Gasteiger partial charge >= 0.3 is 5.97 Å². The van der Waals surface area contributed by atoms with Crippen LogP contribution in [0.2, 0.25) is 0 Å². The van der Waals surface area contributed by atoms with Crippen molar-refractivity contribution in [3.8, 4) is 11.8 Å². The topological polar surface area (TPSA) is 79.2 Å². The SMILES string of the molecule is CCc1cccc(OC(=O)CNC(=O)c2cccc(C#N)c2)c1. The van der Waals surface area contributed by atoms with Crippen LogP contribution < -0.4 is 10.1 Å². The van der Waals surface area contributed by atoms with E-state index in [1.165, 1.54) is 6.07 Å². The summed E-state index contributed by atoms with van der Waals surface area (Å²) in [5, 5.41) is 11.3. The van der Waals surface area contributed by atoms with Crippen LogP contribution in [0, 0.1) is 11.3 Å². The Morgan fingerprint density at radius 1 is 1.17 bits per heavy atom. The molecule has 2 aromatic rings. The molecule has 2 rings (SSSR count). The van der Waals surface area contributed by atoms with Gasteiger partial charge in [0, 0.05) is 5.56 Å². The van der Waals surface area contributed by atoms with E-state index in [2.05, 4.69) is 5.32 Å². The minimum Gasteiger partial charge on any atom is -0.425 e. The Labute approximate surface area is 134 Å². The molecule has 0 bridgehead atoms. The molecule has 0 atom stereocenters. The van der Waals surface area contributed by atoms with Crippen LogP contribution >= 0.6 is 0 Å². The first-order valence-electron chi connectivity index (χ1n) is 7.20. The first-order chi connectivity index (χ1) is 11.1. The number of hydrogen-bond donors (Lipinski definition) is 1. The number of carbonyl (C=O) groups is 2. The molecule has 0 spiro atoms. The largest absolute Gasteiger partial charge is 0.425 e. The van der Waals surface area contributed by atoms with Crippen molar-refractivity contribution in [2.24, 2.45) is 0 Å². The normalized spacial score (nSPS) is 9.74. The Hall–Kier alpha value is -3.13. The number of hydrogen-bond acceptors (Lipinski definition) is 4. The van der Waals surface area contributed by atoms with Crippen molar-refractivity contribution in [3.05, 3.63) is 65.2 Å². The minimum absolute atomic E-state index is 0.244. The Kier molecular flexibility index (Phi) is 5.48. The third-order valence-corrected chi connectivity index (χ3v) is 3.19. The Balaban J connectivity index is 1.90. The lowest BCUT2D eigenvalue weighted by Gasteiger charge is -2.07. The van der Waals surface area contributed by atoms with Crippen LogP contribution in [0.3, 0.4) is 0 Å². The van der Waals surface area contributed by atoms with Gasteiger partial charge in [-0.1, -0.05) is 25.1 Å². The standard InChI is InChI=1S/C18H16N2O3/c1-2-13-5-4-8-16(10-13)23-17(21)12-20-18(22)15-7-3-6-14(9-15)11-19/h3-10H,2,12H2,1H3,(H,20,22).